The molecule has 1 heterocycles. The normalized spacial score (nSPS) is 23.5. The Morgan fingerprint density at radius 1 is 1.47 bits per heavy atom. The number of nitrogens with one attached hydrogen (secondary N) is 1. The SMILES string of the molecule is C[C@H]1CNCCCN1C(=O)OC(C)(C)C. The third-order valence-electron chi connectivity index (χ3n) is 2.35. The summed E-state index contributed by atoms with van der Waals surface area (Å²) in [4.78, 5) is 13.7. The van der Waals surface area contributed by atoms with Gasteiger partial charge < -0.3 is 15.0 Å². The number of carbonyl (C=O) groups is 1. The molecule has 4 nitrogen and oxygen atoms in total. The van der Waals surface area contributed by atoms with E-state index in [-0.39, 0.29) is 12.1 Å². The molecule has 1 aliphatic heterocycles. The molecule has 1 rings (SSSR count). The van der Waals surface area contributed by atoms with Crippen LogP contribution in [0.5, 0.6) is 0 Å². The second-order valence-corrected chi connectivity index (χ2v) is 5.08. The van der Waals surface area contributed by atoms with Crippen LogP contribution in [0.25, 0.3) is 0 Å². The molecule has 1 aliphatic rings. The summed E-state index contributed by atoms with van der Waals surface area (Å²) < 4.78 is 5.36. The molecule has 1 amide bonds. The molecule has 1 fully saturated rings. The minimum Gasteiger partial charge on any atom is -0.444 e. The van der Waals surface area contributed by atoms with Crippen molar-refractivity contribution in [1.82, 2.24) is 10.2 Å². The van der Waals surface area contributed by atoms with E-state index < -0.39 is 5.60 Å². The quantitative estimate of drug-likeness (QED) is 0.666. The molecule has 15 heavy (non-hydrogen) atoms. The zero-order valence-electron chi connectivity index (χ0n) is 10.2. The van der Waals surface area contributed by atoms with Gasteiger partial charge in [0, 0.05) is 19.1 Å². The van der Waals surface area contributed by atoms with Gasteiger partial charge in [0.15, 0.2) is 0 Å². The fourth-order valence-electron chi connectivity index (χ4n) is 1.61. The van der Waals surface area contributed by atoms with Crippen LogP contribution in [-0.2, 0) is 4.74 Å². The summed E-state index contributed by atoms with van der Waals surface area (Å²) in [7, 11) is 0. The van der Waals surface area contributed by atoms with Gasteiger partial charge in [0.05, 0.1) is 0 Å². The molecule has 0 saturated carbocycles. The summed E-state index contributed by atoms with van der Waals surface area (Å²) in [5.74, 6) is 0. The summed E-state index contributed by atoms with van der Waals surface area (Å²) >= 11 is 0. The first-order valence-corrected chi connectivity index (χ1v) is 5.60. The van der Waals surface area contributed by atoms with Crippen molar-refractivity contribution < 1.29 is 9.53 Å². The number of hydrogen-bond acceptors (Lipinski definition) is 3. The highest BCUT2D eigenvalue weighted by Gasteiger charge is 2.26. The van der Waals surface area contributed by atoms with E-state index in [4.69, 9.17) is 4.74 Å². The van der Waals surface area contributed by atoms with Gasteiger partial charge in [-0.1, -0.05) is 0 Å². The summed E-state index contributed by atoms with van der Waals surface area (Å²) in [6.45, 7) is 10.3. The Kier molecular flexibility index (Phi) is 3.97. The average Bonchev–Trinajstić information content (AvgIpc) is 2.26. The third-order valence-corrected chi connectivity index (χ3v) is 2.35. The number of carbonyl (C=O) groups excluding carboxylic acids is 1. The Labute approximate surface area is 92.0 Å². The zero-order valence-corrected chi connectivity index (χ0v) is 10.2. The first-order chi connectivity index (χ1) is 6.90. The van der Waals surface area contributed by atoms with Gasteiger partial charge in [0.1, 0.15) is 5.60 Å². The largest absolute Gasteiger partial charge is 0.444 e. The van der Waals surface area contributed by atoms with Gasteiger partial charge >= 0.3 is 6.09 Å². The maximum atomic E-state index is 11.9. The topological polar surface area (TPSA) is 41.6 Å². The molecule has 1 saturated heterocycles. The van der Waals surface area contributed by atoms with Gasteiger partial charge in [-0.3, -0.25) is 0 Å². The molecule has 0 radical (unpaired) electrons. The van der Waals surface area contributed by atoms with Crippen molar-refractivity contribution in [2.24, 2.45) is 0 Å². The van der Waals surface area contributed by atoms with E-state index >= 15 is 0 Å². The Bertz CT molecular complexity index is 223. The highest BCUT2D eigenvalue weighted by atomic mass is 16.6. The van der Waals surface area contributed by atoms with E-state index in [0.29, 0.717) is 0 Å². The predicted octanol–water partition coefficient (Wildman–Crippen LogP) is 1.61. The smallest absolute Gasteiger partial charge is 0.410 e. The van der Waals surface area contributed by atoms with Crippen molar-refractivity contribution in [3.63, 3.8) is 0 Å². The first kappa shape index (κ1) is 12.3. The van der Waals surface area contributed by atoms with Crippen LogP contribution in [0.3, 0.4) is 0 Å². The molecule has 0 unspecified atom stereocenters. The number of ether oxygens (including phenoxy) is 1. The maximum absolute atomic E-state index is 11.9. The number of amides is 1. The van der Waals surface area contributed by atoms with Crippen molar-refractivity contribution in [2.75, 3.05) is 19.6 Å². The Morgan fingerprint density at radius 2 is 2.13 bits per heavy atom. The van der Waals surface area contributed by atoms with E-state index in [1.807, 2.05) is 32.6 Å². The highest BCUT2D eigenvalue weighted by molar-refractivity contribution is 5.68. The van der Waals surface area contributed by atoms with Crippen molar-refractivity contribution in [2.45, 2.75) is 45.8 Å². The van der Waals surface area contributed by atoms with E-state index in [0.717, 1.165) is 26.1 Å². The van der Waals surface area contributed by atoms with E-state index in [1.165, 1.54) is 0 Å². The number of rotatable bonds is 0. The molecular formula is C11H22N2O2. The zero-order chi connectivity index (χ0) is 11.5. The summed E-state index contributed by atoms with van der Waals surface area (Å²) in [5, 5.41) is 3.30. The molecule has 1 N–H and O–H groups in total. The van der Waals surface area contributed by atoms with Gasteiger partial charge in [-0.25, -0.2) is 4.79 Å². The molecule has 0 aliphatic carbocycles. The lowest BCUT2D eigenvalue weighted by atomic mass is 10.2. The summed E-state index contributed by atoms with van der Waals surface area (Å²) in [6, 6.07) is 0.211. The van der Waals surface area contributed by atoms with E-state index in [9.17, 15) is 4.79 Å². The fraction of sp³-hybridized carbons (Fsp3) is 0.909. The van der Waals surface area contributed by atoms with Gasteiger partial charge in [-0.05, 0) is 40.7 Å². The maximum Gasteiger partial charge on any atom is 0.410 e. The third kappa shape index (κ3) is 4.08. The molecule has 88 valence electrons. The van der Waals surface area contributed by atoms with E-state index in [2.05, 4.69) is 5.32 Å². The van der Waals surface area contributed by atoms with Crippen LogP contribution in [0, 0.1) is 0 Å². The van der Waals surface area contributed by atoms with E-state index in [1.54, 1.807) is 0 Å². The molecular weight excluding hydrogens is 192 g/mol. The average molecular weight is 214 g/mol. The molecule has 0 bridgehead atoms. The van der Waals surface area contributed by atoms with Crippen LogP contribution in [0.2, 0.25) is 0 Å². The fourth-order valence-corrected chi connectivity index (χ4v) is 1.61. The van der Waals surface area contributed by atoms with Gasteiger partial charge in [-0.15, -0.1) is 0 Å². The Balaban J connectivity index is 2.56. The number of nitrogens with zero attached hydrogens (tertiary/aromatic N) is 1. The lowest BCUT2D eigenvalue weighted by Gasteiger charge is -2.30. The van der Waals surface area contributed by atoms with Gasteiger partial charge in [0.2, 0.25) is 0 Å². The highest BCUT2D eigenvalue weighted by Crippen LogP contribution is 2.13. The standard InChI is InChI=1S/C11H22N2O2/c1-9-8-12-6-5-7-13(9)10(14)15-11(2,3)4/h9,12H,5-8H2,1-4H3/t9-/m0/s1. The van der Waals surface area contributed by atoms with Crippen LogP contribution in [0.15, 0.2) is 0 Å². The van der Waals surface area contributed by atoms with Crippen molar-refractivity contribution >= 4 is 6.09 Å². The van der Waals surface area contributed by atoms with Crippen molar-refractivity contribution in [1.29, 1.82) is 0 Å². The minimum absolute atomic E-state index is 0.196. The molecule has 0 aromatic rings. The van der Waals surface area contributed by atoms with Crippen LogP contribution in [0.1, 0.15) is 34.1 Å². The predicted molar refractivity (Wildman–Crippen MR) is 59.9 cm³/mol. The lowest BCUT2D eigenvalue weighted by Crippen LogP contribution is -2.44. The first-order valence-electron chi connectivity index (χ1n) is 5.60. The lowest BCUT2D eigenvalue weighted by molar-refractivity contribution is 0.0192. The van der Waals surface area contributed by atoms with Gasteiger partial charge in [0.25, 0.3) is 0 Å². The molecule has 0 spiro atoms. The Hall–Kier alpha value is -0.770. The van der Waals surface area contributed by atoms with Crippen LogP contribution in [0.4, 0.5) is 4.79 Å². The summed E-state index contributed by atoms with van der Waals surface area (Å²) in [5.41, 5.74) is -0.406. The monoisotopic (exact) mass is 214 g/mol. The number of hydrogen-bond donors (Lipinski definition) is 1. The molecule has 0 aromatic heterocycles. The van der Waals surface area contributed by atoms with Crippen LogP contribution < -0.4 is 5.32 Å². The molecule has 0 aromatic carbocycles. The van der Waals surface area contributed by atoms with Crippen molar-refractivity contribution in [3.8, 4) is 0 Å². The molecule has 4 heteroatoms. The van der Waals surface area contributed by atoms with Gasteiger partial charge in [-0.2, -0.15) is 0 Å². The van der Waals surface area contributed by atoms with Crippen molar-refractivity contribution in [3.05, 3.63) is 0 Å². The summed E-state index contributed by atoms with van der Waals surface area (Å²) in [6.07, 6.45) is 0.794. The molecule has 1 atom stereocenters. The Morgan fingerprint density at radius 3 is 2.73 bits per heavy atom. The van der Waals surface area contributed by atoms with Crippen LogP contribution in [-0.4, -0.2) is 42.3 Å². The van der Waals surface area contributed by atoms with Crippen LogP contribution >= 0.6 is 0 Å². The second kappa shape index (κ2) is 4.84. The minimum atomic E-state index is -0.406. The second-order valence-electron chi connectivity index (χ2n) is 5.08.